The molecule has 28 heavy (non-hydrogen) atoms. The molecule has 0 amide bonds. The summed E-state index contributed by atoms with van der Waals surface area (Å²) in [5, 5.41) is 14.2. The summed E-state index contributed by atoms with van der Waals surface area (Å²) in [6, 6.07) is 2.29. The molecule has 0 spiro atoms. The molecule has 5 heterocycles. The Morgan fingerprint density at radius 3 is 3.07 bits per heavy atom. The molecule has 1 atom stereocenters. The molecule has 0 saturated heterocycles. The number of aryl methyl sites for hydroxylation is 2. The monoisotopic (exact) mass is 413 g/mol. The van der Waals surface area contributed by atoms with Crippen LogP contribution in [-0.4, -0.2) is 35.3 Å². The lowest BCUT2D eigenvalue weighted by Gasteiger charge is -2.17. The van der Waals surface area contributed by atoms with Crippen LogP contribution in [0.4, 0.5) is 5.82 Å². The molecule has 8 nitrogen and oxygen atoms in total. The van der Waals surface area contributed by atoms with Gasteiger partial charge in [-0.2, -0.15) is 5.10 Å². The van der Waals surface area contributed by atoms with Gasteiger partial charge in [0.1, 0.15) is 22.8 Å². The van der Waals surface area contributed by atoms with E-state index in [4.69, 9.17) is 0 Å². The van der Waals surface area contributed by atoms with Crippen molar-refractivity contribution in [2.24, 2.45) is 0 Å². The van der Waals surface area contributed by atoms with Gasteiger partial charge < -0.3 is 5.32 Å². The van der Waals surface area contributed by atoms with E-state index in [1.54, 1.807) is 33.6 Å². The van der Waals surface area contributed by atoms with Gasteiger partial charge in [0.15, 0.2) is 0 Å². The Balaban J connectivity index is 1.32. The SMILES string of the molecule is Cc1nc(Cn2nc3n(c2=O)CCC(Nc2ncnc4sccc24)CC3)cs1. The smallest absolute Gasteiger partial charge is 0.346 e. The second-order valence-electron chi connectivity index (χ2n) is 6.90. The van der Waals surface area contributed by atoms with Gasteiger partial charge in [-0.05, 0) is 31.2 Å². The van der Waals surface area contributed by atoms with Gasteiger partial charge in [0.2, 0.25) is 0 Å². The minimum absolute atomic E-state index is 0.0523. The summed E-state index contributed by atoms with van der Waals surface area (Å²) < 4.78 is 3.35. The van der Waals surface area contributed by atoms with Crippen LogP contribution in [0, 0.1) is 6.92 Å². The number of thiophene rings is 1. The summed E-state index contributed by atoms with van der Waals surface area (Å²) in [6.07, 6.45) is 4.11. The Kier molecular flexibility index (Phi) is 4.44. The number of nitrogens with one attached hydrogen (secondary N) is 1. The lowest BCUT2D eigenvalue weighted by molar-refractivity contribution is 0.551. The zero-order chi connectivity index (χ0) is 19.1. The standard InChI is InChI=1S/C18H19N7OS2/c1-11-21-13(9-28-11)8-25-18(26)24-6-4-12(2-3-15(24)23-25)22-16-14-5-7-27-17(14)20-10-19-16/h5,7,9-10,12H,2-4,6,8H2,1H3,(H,19,20,22). The highest BCUT2D eigenvalue weighted by molar-refractivity contribution is 7.16. The van der Waals surface area contributed by atoms with E-state index in [9.17, 15) is 4.79 Å². The summed E-state index contributed by atoms with van der Waals surface area (Å²) in [6.45, 7) is 3.05. The molecule has 1 N–H and O–H groups in total. The first-order valence-corrected chi connectivity index (χ1v) is 11.0. The number of aromatic nitrogens is 6. The van der Waals surface area contributed by atoms with Crippen LogP contribution in [-0.2, 0) is 19.5 Å². The van der Waals surface area contributed by atoms with Crippen LogP contribution in [0.15, 0.2) is 27.9 Å². The van der Waals surface area contributed by atoms with E-state index in [1.165, 1.54) is 4.68 Å². The van der Waals surface area contributed by atoms with Crippen LogP contribution in [0.2, 0.25) is 0 Å². The van der Waals surface area contributed by atoms with E-state index < -0.39 is 0 Å². The molecule has 0 bridgehead atoms. The van der Waals surface area contributed by atoms with Crippen LogP contribution < -0.4 is 11.0 Å². The Morgan fingerprint density at radius 2 is 2.21 bits per heavy atom. The molecule has 5 rings (SSSR count). The maximum Gasteiger partial charge on any atom is 0.346 e. The van der Waals surface area contributed by atoms with Crippen LogP contribution >= 0.6 is 22.7 Å². The maximum absolute atomic E-state index is 12.8. The van der Waals surface area contributed by atoms with Crippen LogP contribution in [0.25, 0.3) is 10.2 Å². The van der Waals surface area contributed by atoms with Gasteiger partial charge >= 0.3 is 5.69 Å². The Labute approximate surface area is 168 Å². The van der Waals surface area contributed by atoms with Crippen LogP contribution in [0.5, 0.6) is 0 Å². The lowest BCUT2D eigenvalue weighted by atomic mass is 10.1. The third-order valence-electron chi connectivity index (χ3n) is 5.00. The van der Waals surface area contributed by atoms with Crippen molar-refractivity contribution < 1.29 is 0 Å². The van der Waals surface area contributed by atoms with Crippen molar-refractivity contribution in [2.45, 2.75) is 45.3 Å². The van der Waals surface area contributed by atoms with Crippen molar-refractivity contribution in [3.05, 3.63) is 50.2 Å². The first-order chi connectivity index (χ1) is 13.7. The zero-order valence-corrected chi connectivity index (χ0v) is 17.0. The molecule has 10 heteroatoms. The summed E-state index contributed by atoms with van der Waals surface area (Å²) in [7, 11) is 0. The largest absolute Gasteiger partial charge is 0.367 e. The van der Waals surface area contributed by atoms with Gasteiger partial charge in [-0.25, -0.2) is 24.4 Å². The highest BCUT2D eigenvalue weighted by Gasteiger charge is 2.22. The first kappa shape index (κ1) is 17.5. The van der Waals surface area contributed by atoms with Gasteiger partial charge in [0.05, 0.1) is 22.6 Å². The lowest BCUT2D eigenvalue weighted by Crippen LogP contribution is -2.27. The second-order valence-corrected chi connectivity index (χ2v) is 8.85. The van der Waals surface area contributed by atoms with Crippen molar-refractivity contribution in [3.8, 4) is 0 Å². The van der Waals surface area contributed by atoms with Crippen molar-refractivity contribution >= 4 is 38.7 Å². The van der Waals surface area contributed by atoms with Gasteiger partial charge in [-0.3, -0.25) is 4.57 Å². The van der Waals surface area contributed by atoms with E-state index in [0.29, 0.717) is 13.1 Å². The molecule has 1 aliphatic heterocycles. The average molecular weight is 414 g/mol. The molecule has 0 aliphatic carbocycles. The fourth-order valence-corrected chi connectivity index (χ4v) is 4.94. The Bertz CT molecular complexity index is 1190. The van der Waals surface area contributed by atoms with Gasteiger partial charge in [-0.1, -0.05) is 0 Å². The molecule has 4 aromatic rings. The summed E-state index contributed by atoms with van der Waals surface area (Å²) in [4.78, 5) is 26.9. The minimum atomic E-state index is -0.0523. The molecule has 1 aliphatic rings. The zero-order valence-electron chi connectivity index (χ0n) is 15.3. The molecule has 1 unspecified atom stereocenters. The van der Waals surface area contributed by atoms with Crippen molar-refractivity contribution in [1.29, 1.82) is 0 Å². The fourth-order valence-electron chi connectivity index (χ4n) is 3.61. The van der Waals surface area contributed by atoms with Crippen molar-refractivity contribution in [3.63, 3.8) is 0 Å². The fraction of sp³-hybridized carbons (Fsp3) is 0.389. The molecule has 144 valence electrons. The number of rotatable bonds is 4. The van der Waals surface area contributed by atoms with E-state index in [2.05, 4.69) is 25.4 Å². The number of hydrogen-bond acceptors (Lipinski definition) is 8. The summed E-state index contributed by atoms with van der Waals surface area (Å²) >= 11 is 3.20. The molecule has 0 fully saturated rings. The van der Waals surface area contributed by atoms with Gasteiger partial charge in [0, 0.05) is 24.4 Å². The van der Waals surface area contributed by atoms with Crippen molar-refractivity contribution in [1.82, 2.24) is 29.3 Å². The number of anilines is 1. The van der Waals surface area contributed by atoms with E-state index >= 15 is 0 Å². The molecule has 0 saturated carbocycles. The highest BCUT2D eigenvalue weighted by atomic mass is 32.1. The summed E-state index contributed by atoms with van der Waals surface area (Å²) in [5.74, 6) is 1.72. The molecule has 4 aromatic heterocycles. The van der Waals surface area contributed by atoms with E-state index in [0.717, 1.165) is 51.8 Å². The number of hydrogen-bond donors (Lipinski definition) is 1. The Hall–Kier alpha value is -2.59. The average Bonchev–Trinajstić information content (AvgIpc) is 3.36. The second kappa shape index (κ2) is 7.10. The number of nitrogens with zero attached hydrogens (tertiary/aromatic N) is 6. The maximum atomic E-state index is 12.8. The van der Waals surface area contributed by atoms with E-state index in [-0.39, 0.29) is 11.7 Å². The molecular weight excluding hydrogens is 394 g/mol. The predicted octanol–water partition coefficient (Wildman–Crippen LogP) is 2.68. The minimum Gasteiger partial charge on any atom is -0.367 e. The van der Waals surface area contributed by atoms with Crippen LogP contribution in [0.3, 0.4) is 0 Å². The number of thiazole rings is 1. The third kappa shape index (κ3) is 3.22. The predicted molar refractivity (Wildman–Crippen MR) is 110 cm³/mol. The quantitative estimate of drug-likeness (QED) is 0.553. The Morgan fingerprint density at radius 1 is 1.29 bits per heavy atom. The molecular formula is C18H19N7OS2. The highest BCUT2D eigenvalue weighted by Crippen LogP contribution is 2.25. The topological polar surface area (TPSA) is 90.5 Å². The number of fused-ring (bicyclic) bond motifs is 2. The third-order valence-corrected chi connectivity index (χ3v) is 6.64. The first-order valence-electron chi connectivity index (χ1n) is 9.19. The van der Waals surface area contributed by atoms with Crippen molar-refractivity contribution in [2.75, 3.05) is 5.32 Å². The van der Waals surface area contributed by atoms with Crippen LogP contribution in [0.1, 0.15) is 29.4 Å². The molecule has 0 aromatic carbocycles. The van der Waals surface area contributed by atoms with Gasteiger partial charge in [-0.15, -0.1) is 22.7 Å². The normalized spacial score (nSPS) is 16.8. The van der Waals surface area contributed by atoms with E-state index in [1.807, 2.05) is 23.8 Å². The summed E-state index contributed by atoms with van der Waals surface area (Å²) in [5.41, 5.74) is 0.838. The molecule has 0 radical (unpaired) electrons. The van der Waals surface area contributed by atoms with Gasteiger partial charge in [0.25, 0.3) is 0 Å².